The lowest BCUT2D eigenvalue weighted by Crippen LogP contribution is -2.34. The average Bonchev–Trinajstić information content (AvgIpc) is 3.74. The number of hydrogen-bond donors (Lipinski definition) is 5. The molecule has 0 fully saturated rings. The van der Waals surface area contributed by atoms with Crippen LogP contribution in [0, 0.1) is 34.5 Å². The summed E-state index contributed by atoms with van der Waals surface area (Å²) in [4.78, 5) is 50.2. The van der Waals surface area contributed by atoms with Gasteiger partial charge in [0, 0.05) is 70.4 Å². The van der Waals surface area contributed by atoms with Crippen molar-refractivity contribution in [2.75, 3.05) is 31.0 Å². The van der Waals surface area contributed by atoms with Crippen LogP contribution in [0.1, 0.15) is 133 Å². The minimum Gasteiger partial charge on any atom is -0.490 e. The molecule has 4 atom stereocenters. The van der Waals surface area contributed by atoms with Gasteiger partial charge in [0.1, 0.15) is 19.0 Å². The maximum absolute atomic E-state index is 13.5. The number of pyridine rings is 1. The summed E-state index contributed by atoms with van der Waals surface area (Å²) >= 11 is 7.36. The van der Waals surface area contributed by atoms with E-state index in [1.807, 2.05) is 82.4 Å². The molecule has 428 valence electrons. The number of methoxy groups -OCH3 is 1. The average molecular weight is 1240 g/mol. The molecule has 2 aromatic heterocycles. The Bertz CT molecular complexity index is 3410. The van der Waals surface area contributed by atoms with E-state index in [4.69, 9.17) is 18.9 Å². The molecular weight excluding hydrogens is 1170 g/mol. The van der Waals surface area contributed by atoms with Crippen LogP contribution in [0.4, 0.5) is 16.3 Å². The molecule has 19 heteroatoms. The lowest BCUT2D eigenvalue weighted by atomic mass is 9.72. The van der Waals surface area contributed by atoms with Crippen molar-refractivity contribution in [3.63, 3.8) is 0 Å². The Hall–Kier alpha value is -7.87. The number of nitrogens with one attached hydrogen (secondary N) is 5. The lowest BCUT2D eigenvalue weighted by molar-refractivity contribution is -0.118. The molecule has 3 aromatic carbocycles. The van der Waals surface area contributed by atoms with Crippen LogP contribution in [0.5, 0.6) is 23.0 Å². The van der Waals surface area contributed by atoms with Gasteiger partial charge in [-0.15, -0.1) is 0 Å². The van der Waals surface area contributed by atoms with Gasteiger partial charge in [0.05, 0.1) is 83.0 Å². The van der Waals surface area contributed by atoms with Gasteiger partial charge < -0.3 is 44.6 Å². The number of amides is 1. The van der Waals surface area contributed by atoms with Gasteiger partial charge in [0.2, 0.25) is 0 Å². The van der Waals surface area contributed by atoms with Crippen molar-refractivity contribution < 1.29 is 38.1 Å². The van der Waals surface area contributed by atoms with E-state index >= 15 is 0 Å². The molecule has 2 aliphatic carbocycles. The lowest BCUT2D eigenvalue weighted by Gasteiger charge is -2.35. The van der Waals surface area contributed by atoms with E-state index in [-0.39, 0.29) is 18.2 Å². The largest absolute Gasteiger partial charge is 0.490 e. The molecule has 4 unspecified atom stereocenters. The maximum Gasteiger partial charge on any atom is 0.412 e. The number of ether oxygens (including phenoxy) is 5. The molecule has 82 heavy (non-hydrogen) atoms. The van der Waals surface area contributed by atoms with Crippen molar-refractivity contribution in [1.82, 2.24) is 25.6 Å². The van der Waals surface area contributed by atoms with Gasteiger partial charge in [0.25, 0.3) is 0 Å². The summed E-state index contributed by atoms with van der Waals surface area (Å²) in [6.45, 7) is 13.7. The Labute approximate surface area is 496 Å². The molecule has 4 aliphatic rings. The fraction of sp³-hybridized carbons (Fsp3) is 0.381. The zero-order chi connectivity index (χ0) is 58.5. The van der Waals surface area contributed by atoms with Crippen molar-refractivity contribution in [2.45, 2.75) is 125 Å². The molecule has 5 aromatic rings. The first-order chi connectivity index (χ1) is 39.7. The van der Waals surface area contributed by atoms with Gasteiger partial charge in [-0.2, -0.15) is 10.5 Å². The number of carbonyl (C=O) groups is 3. The Morgan fingerprint density at radius 3 is 1.78 bits per heavy atom. The summed E-state index contributed by atoms with van der Waals surface area (Å²) in [5.41, 5.74) is 11.0. The molecule has 0 spiro atoms. The number of nitrogens with zero attached hydrogens (tertiary/aromatic N) is 4. The van der Waals surface area contributed by atoms with Crippen molar-refractivity contribution in [1.29, 1.82) is 10.5 Å². The number of rotatable bonds is 20. The molecule has 9 rings (SSSR count). The summed E-state index contributed by atoms with van der Waals surface area (Å²) in [5, 5.41) is 33.0. The Morgan fingerprint density at radius 2 is 1.28 bits per heavy atom. The summed E-state index contributed by atoms with van der Waals surface area (Å²) in [6.07, 6.45) is 11.1. The normalized spacial score (nSPS) is 18.4. The summed E-state index contributed by atoms with van der Waals surface area (Å²) in [6, 6.07) is 23.9. The number of hydrogen-bond acceptors (Lipinski definition) is 15. The summed E-state index contributed by atoms with van der Waals surface area (Å²) < 4.78 is 30.5. The first kappa shape index (κ1) is 60.2. The van der Waals surface area contributed by atoms with Gasteiger partial charge in [-0.25, -0.2) is 14.8 Å². The van der Waals surface area contributed by atoms with E-state index < -0.39 is 17.9 Å². The van der Waals surface area contributed by atoms with Crippen LogP contribution in [0.15, 0.2) is 133 Å². The number of halogens is 2. The topological polar surface area (TPSA) is 235 Å². The quantitative estimate of drug-likeness (QED) is 0.0487. The van der Waals surface area contributed by atoms with Crippen LogP contribution in [0.3, 0.4) is 0 Å². The van der Waals surface area contributed by atoms with E-state index in [1.54, 1.807) is 24.7 Å². The smallest absolute Gasteiger partial charge is 0.412 e. The zero-order valence-corrected chi connectivity index (χ0v) is 50.5. The number of Topliss-reactive ketones (excluding diaryl/α,β-unsaturated/α-hetero) is 2. The van der Waals surface area contributed by atoms with Crippen LogP contribution >= 0.6 is 31.9 Å². The fourth-order valence-electron chi connectivity index (χ4n) is 11.2. The SMILES string of the molecule is CCCC1CC(=O)C2=C(C1)NC(C)=C(C#N)C2c1cc(Br)c(OCc2cccc(NCc3c[nH]cn3)c2)c(OCC)c1.CCCC1CC(=O)C2=C(C1)NC(C)=C(C#N)C2c1cc(Br)c(OCc2cccnc2NC(=O)OC)c(OCC)c1. The Morgan fingerprint density at radius 1 is 0.720 bits per heavy atom. The number of dihydropyridines is 2. The Balaban J connectivity index is 0.000000215. The van der Waals surface area contributed by atoms with Crippen molar-refractivity contribution in [3.8, 4) is 35.1 Å². The molecule has 17 nitrogen and oxygen atoms in total. The van der Waals surface area contributed by atoms with E-state index in [9.17, 15) is 24.9 Å². The highest BCUT2D eigenvalue weighted by atomic mass is 79.9. The van der Waals surface area contributed by atoms with Crippen LogP contribution in [0.2, 0.25) is 0 Å². The van der Waals surface area contributed by atoms with Gasteiger partial charge >= 0.3 is 6.09 Å². The molecule has 0 radical (unpaired) electrons. The molecule has 0 bridgehead atoms. The van der Waals surface area contributed by atoms with E-state index in [1.165, 1.54) is 7.11 Å². The number of benzene rings is 3. The minimum atomic E-state index is -0.633. The van der Waals surface area contributed by atoms with Gasteiger partial charge in [-0.05, 0) is 156 Å². The standard InChI is InChI=1S/C33H36BrN5O3.C30H33BrN4O5/c1-4-7-21-11-28-32(29(40)12-21)31(26(15-35)20(3)39-28)23-13-27(34)33(30(14-23)41-5-2)42-18-22-8-6-9-24(10-22)37-17-25-16-36-19-38-25;1-5-8-18-11-23-27(24(36)12-18)26(21(15-32)17(3)34-23)20-13-22(31)28(25(14-20)39-6-2)40-16-19-9-7-10-33-29(19)35-30(37)38-4/h6,8-10,13-14,16,19,21,31,37,39H,4-5,7,11-12,17-18H2,1-3H3,(H,36,38);7,9-10,13-14,18,26,34H,5-6,8,11-12,16H2,1-4H3,(H,33,35,37). The van der Waals surface area contributed by atoms with Crippen molar-refractivity contribution >= 4 is 61.0 Å². The van der Waals surface area contributed by atoms with Gasteiger partial charge in [0.15, 0.2) is 34.6 Å². The Kier molecular flexibility index (Phi) is 20.7. The van der Waals surface area contributed by atoms with Crippen LogP contribution in [-0.2, 0) is 34.1 Å². The second-order valence-electron chi connectivity index (χ2n) is 20.5. The number of nitriles is 2. The van der Waals surface area contributed by atoms with Crippen molar-refractivity contribution in [2.24, 2.45) is 11.8 Å². The number of carbonyl (C=O) groups excluding carboxylic acids is 3. The highest BCUT2D eigenvalue weighted by Crippen LogP contribution is 2.50. The highest BCUT2D eigenvalue weighted by molar-refractivity contribution is 9.11. The molecular formula is C63H69Br2N9O8. The van der Waals surface area contributed by atoms with E-state index in [0.717, 1.165) is 89.4 Å². The molecule has 0 saturated heterocycles. The predicted molar refractivity (Wildman–Crippen MR) is 320 cm³/mol. The second kappa shape index (κ2) is 28.2. The third kappa shape index (κ3) is 14.1. The number of ketones is 2. The second-order valence-corrected chi connectivity index (χ2v) is 22.2. The van der Waals surface area contributed by atoms with E-state index in [0.29, 0.717) is 117 Å². The number of aromatic amines is 1. The molecule has 4 heterocycles. The third-order valence-corrected chi connectivity index (χ3v) is 16.0. The highest BCUT2D eigenvalue weighted by Gasteiger charge is 2.41. The summed E-state index contributed by atoms with van der Waals surface area (Å²) in [7, 11) is 1.28. The fourth-order valence-corrected chi connectivity index (χ4v) is 12.4. The van der Waals surface area contributed by atoms with Crippen LogP contribution < -0.4 is 40.2 Å². The van der Waals surface area contributed by atoms with Crippen molar-refractivity contribution in [3.05, 3.63) is 161 Å². The third-order valence-electron chi connectivity index (χ3n) is 14.8. The first-order valence-corrected chi connectivity index (χ1v) is 29.4. The molecule has 1 amide bonds. The van der Waals surface area contributed by atoms with Crippen LogP contribution in [-0.4, -0.2) is 52.9 Å². The number of allylic oxidation sites excluding steroid dienone is 8. The maximum atomic E-state index is 13.5. The first-order valence-electron chi connectivity index (χ1n) is 27.8. The monoisotopic (exact) mass is 1240 g/mol. The minimum absolute atomic E-state index is 0.0778. The predicted octanol–water partition coefficient (Wildman–Crippen LogP) is 13.8. The van der Waals surface area contributed by atoms with Gasteiger partial charge in [-0.3, -0.25) is 14.9 Å². The number of aromatic nitrogens is 3. The van der Waals surface area contributed by atoms with Gasteiger partial charge in [-0.1, -0.05) is 44.9 Å². The summed E-state index contributed by atoms with van der Waals surface area (Å²) in [5.74, 6) is 2.26. The zero-order valence-electron chi connectivity index (χ0n) is 47.3. The number of imidazole rings is 1. The number of H-pyrrole nitrogens is 1. The molecule has 0 saturated carbocycles. The number of anilines is 2. The van der Waals surface area contributed by atoms with E-state index in [2.05, 4.69) is 98.8 Å². The molecule has 2 aliphatic heterocycles. The molecule has 5 N–H and O–H groups in total. The van der Waals surface area contributed by atoms with Crippen LogP contribution in [0.25, 0.3) is 0 Å².